The van der Waals surface area contributed by atoms with Crippen LogP contribution >= 0.6 is 0 Å². The van der Waals surface area contributed by atoms with Crippen LogP contribution in [0.5, 0.6) is 0 Å². The van der Waals surface area contributed by atoms with Crippen molar-refractivity contribution in [3.8, 4) is 11.3 Å². The van der Waals surface area contributed by atoms with E-state index in [1.54, 1.807) is 64.6 Å². The standard InChI is InChI=1S/C87H133N13O21/c1-56-19-11-10-12-20-57(2)72(110-8)52-65-26-23-61(6)87(109,121-65)81(106)84(107)99-31-15-13-22-68(99)85(108)119-73(53-69(101)58(3)48-60(5)79(104)80(105)78(103)59(4)47-56)66(88)49-62-24-27-71(74(50-62)111-9)118-34-18-14-21-64-54-98(96-94-64)33-36-113-38-40-115-42-44-117-46-45-116-43-41-114-39-37-112-35-29-75(102)97(7)30-16-17-32-100-83-76(82(89)91-55-92-83)77(95-100)63-25-28-70-67(51-63)93-86(90)120-70/h10-12,19-20,25,28,48,51,54-56,58-59,61-62,65-66,68,71-74,79-80,84,104-105,107,109H,13-18,21-24,26-27,29-47,49-50,52-53,88H2,1-9H3,(H2,90,93)(H2,89,91,92)/b12-10+,19-11+,57-20+,60-48+/t56-,58-,59-,61-,62+,65+,66-,68+,71-,72+,73+,74-,79-,80+,84?,87-/m1/s1. The van der Waals surface area contributed by atoms with Gasteiger partial charge < -0.3 is 99.0 Å². The molecule has 1 unspecified atom stereocenters. The van der Waals surface area contributed by atoms with Gasteiger partial charge in [-0.15, -0.1) is 5.10 Å². The van der Waals surface area contributed by atoms with E-state index in [1.807, 2.05) is 67.2 Å². The van der Waals surface area contributed by atoms with Crippen LogP contribution in [-0.2, 0) is 95.6 Å². The summed E-state index contributed by atoms with van der Waals surface area (Å²) >= 11 is 0. The third kappa shape index (κ3) is 29.2. The van der Waals surface area contributed by atoms with E-state index in [0.717, 1.165) is 42.5 Å². The number of aromatic nitrogens is 8. The molecule has 121 heavy (non-hydrogen) atoms. The molecule has 7 heterocycles. The van der Waals surface area contributed by atoms with Crippen molar-refractivity contribution in [3.63, 3.8) is 0 Å². The van der Waals surface area contributed by atoms with Crippen LogP contribution in [0.15, 0.2) is 82.7 Å². The van der Waals surface area contributed by atoms with Gasteiger partial charge in [0.25, 0.3) is 6.01 Å². The fraction of sp³-hybridized carbons (Fsp3) is 0.690. The molecule has 4 aromatic heterocycles. The van der Waals surface area contributed by atoms with Gasteiger partial charge in [0.05, 0.1) is 128 Å². The highest BCUT2D eigenvalue weighted by atomic mass is 16.6. The number of hydrogen-bond acceptors (Lipinski definition) is 31. The van der Waals surface area contributed by atoms with Crippen LogP contribution < -0.4 is 17.2 Å². The van der Waals surface area contributed by atoms with E-state index < -0.39 is 89.9 Å². The number of ether oxygens (including phenoxy) is 11. The number of nitrogen functional groups attached to an aromatic ring is 2. The zero-order valence-electron chi connectivity index (χ0n) is 72.2. The second-order valence-electron chi connectivity index (χ2n) is 32.7. The molecule has 1 aliphatic carbocycles. The summed E-state index contributed by atoms with van der Waals surface area (Å²) in [5, 5.41) is 60.8. The Hall–Kier alpha value is -7.75. The molecule has 672 valence electrons. The number of unbranched alkanes of at least 4 members (excludes halogenated alkanes) is 2. The molecule has 0 spiro atoms. The number of carbonyl (C=O) groups is 5. The number of amides is 1. The number of aliphatic hydroxyl groups is 4. The number of oxazole rings is 1. The molecular formula is C87H133N13O21. The number of piperidine rings is 1. The summed E-state index contributed by atoms with van der Waals surface area (Å²) < 4.78 is 73.9. The SMILES string of the molecule is CO[C@H]1C[C@@H]2CC[C@@H](C)[C@@](O)(O2)C(=O)C(O)N2CCCC[C@H]2C(=O)O[C@H]([C@H](N)C[C@@H]2CC[C@@H](OCCCCc3cn(CCOCCOCCOCCOCCOCCOCCC(=O)N(C)CCCCn4nc(-c5ccc6oc(N)nc6c5)c5c(N)ncnc54)nn3)[C@H](OC)C2)CC(=O)[C@H](C)/C=C(\C)[C@@H](O)[C@@H](O)C(=O)[C@H](C)C[C@H](C)/C=C/C=C/C=C/1C. The highest BCUT2D eigenvalue weighted by Crippen LogP contribution is 2.39. The Kier molecular flexibility index (Phi) is 39.8. The minimum atomic E-state index is -2.39. The molecule has 34 heteroatoms. The number of nitrogens with zero attached hydrogens (tertiary/aromatic N) is 10. The summed E-state index contributed by atoms with van der Waals surface area (Å²) in [5.41, 5.74) is 24.3. The smallest absolute Gasteiger partial charge is 0.323 e. The van der Waals surface area contributed by atoms with Gasteiger partial charge in [-0.2, -0.15) is 10.1 Å². The summed E-state index contributed by atoms with van der Waals surface area (Å²) in [6.45, 7) is 17.5. The van der Waals surface area contributed by atoms with Crippen LogP contribution in [-0.4, -0.2) is 286 Å². The summed E-state index contributed by atoms with van der Waals surface area (Å²) in [6.07, 6.45) is 15.3. The number of benzene rings is 1. The van der Waals surface area contributed by atoms with Crippen LogP contribution in [0.4, 0.5) is 11.8 Å². The second-order valence-corrected chi connectivity index (χ2v) is 32.7. The number of methoxy groups -OCH3 is 2. The second kappa shape index (κ2) is 49.7. The summed E-state index contributed by atoms with van der Waals surface area (Å²) in [4.78, 5) is 86.0. The van der Waals surface area contributed by atoms with Crippen molar-refractivity contribution in [3.05, 3.63) is 84.0 Å². The largest absolute Gasteiger partial charge is 0.459 e. The Balaban J connectivity index is 0.616. The molecule has 1 amide bonds. The summed E-state index contributed by atoms with van der Waals surface area (Å²) in [7, 11) is 5.01. The van der Waals surface area contributed by atoms with Crippen molar-refractivity contribution in [1.82, 2.24) is 49.5 Å². The number of nitrogens with two attached hydrogens (primary N) is 3. The average Bonchev–Trinajstić information content (AvgIpc) is 1.70. The van der Waals surface area contributed by atoms with Crippen molar-refractivity contribution in [2.75, 3.05) is 132 Å². The van der Waals surface area contributed by atoms with Crippen molar-refractivity contribution in [1.29, 1.82) is 0 Å². The number of esters is 1. The molecule has 2 saturated heterocycles. The number of fused-ring (bicyclic) bond motifs is 5. The summed E-state index contributed by atoms with van der Waals surface area (Å²) in [6, 6.07) is 3.58. The molecule has 1 saturated carbocycles. The lowest BCUT2D eigenvalue weighted by Gasteiger charge is -2.45. The Morgan fingerprint density at radius 3 is 2.17 bits per heavy atom. The molecule has 2 bridgehead atoms. The lowest BCUT2D eigenvalue weighted by molar-refractivity contribution is -0.275. The Bertz CT molecular complexity index is 4170. The van der Waals surface area contributed by atoms with Crippen molar-refractivity contribution in [2.24, 2.45) is 35.3 Å². The van der Waals surface area contributed by atoms with Gasteiger partial charge in [0, 0.05) is 95.9 Å². The molecule has 10 N–H and O–H groups in total. The molecule has 3 fully saturated rings. The van der Waals surface area contributed by atoms with Gasteiger partial charge >= 0.3 is 5.97 Å². The Morgan fingerprint density at radius 1 is 0.752 bits per heavy atom. The average molecular weight is 1700 g/mol. The van der Waals surface area contributed by atoms with E-state index in [9.17, 15) is 44.4 Å². The third-order valence-corrected chi connectivity index (χ3v) is 23.4. The minimum Gasteiger partial charge on any atom is -0.459 e. The molecule has 0 radical (unpaired) electrons. The number of cyclic esters (lactones) is 1. The first-order valence-electron chi connectivity index (χ1n) is 43.1. The van der Waals surface area contributed by atoms with Crippen molar-refractivity contribution in [2.45, 2.75) is 237 Å². The zero-order chi connectivity index (χ0) is 87.0. The first-order valence-corrected chi connectivity index (χ1v) is 43.1. The summed E-state index contributed by atoms with van der Waals surface area (Å²) in [5.74, 6) is -7.02. The number of Topliss-reactive ketones (excluding diaryl/α,β-unsaturated/α-hetero) is 3. The maximum absolute atomic E-state index is 14.7. The quantitative estimate of drug-likeness (QED) is 0.0117. The topological polar surface area (TPSA) is 453 Å². The molecule has 3 aliphatic heterocycles. The highest BCUT2D eigenvalue weighted by molar-refractivity contribution is 5.99. The van der Waals surface area contributed by atoms with Crippen LogP contribution in [0.2, 0.25) is 0 Å². The van der Waals surface area contributed by atoms with Gasteiger partial charge in [0.15, 0.2) is 23.2 Å². The van der Waals surface area contributed by atoms with Crippen LogP contribution in [0.3, 0.4) is 0 Å². The van der Waals surface area contributed by atoms with Gasteiger partial charge in [-0.1, -0.05) is 75.8 Å². The maximum atomic E-state index is 14.7. The first kappa shape index (κ1) is 97.1. The number of rotatable bonds is 38. The minimum absolute atomic E-state index is 0.00459. The number of anilines is 2. The fourth-order valence-electron chi connectivity index (χ4n) is 16.1. The third-order valence-electron chi connectivity index (χ3n) is 23.4. The van der Waals surface area contributed by atoms with Gasteiger partial charge in [-0.05, 0) is 145 Å². The van der Waals surface area contributed by atoms with E-state index >= 15 is 0 Å². The van der Waals surface area contributed by atoms with Gasteiger partial charge in [-0.25, -0.2) is 19.3 Å². The Labute approximate surface area is 709 Å². The molecular weight excluding hydrogens is 1560 g/mol. The predicted molar refractivity (Wildman–Crippen MR) is 450 cm³/mol. The molecule has 1 aromatic carbocycles. The van der Waals surface area contributed by atoms with Crippen LogP contribution in [0, 0.1) is 29.6 Å². The number of hydrogen-bond donors (Lipinski definition) is 7. The monoisotopic (exact) mass is 1700 g/mol. The van der Waals surface area contributed by atoms with Gasteiger partial charge in [-0.3, -0.25) is 28.9 Å². The van der Waals surface area contributed by atoms with Crippen LogP contribution in [0.25, 0.3) is 33.4 Å². The normalized spacial score (nSPS) is 28.0. The fourth-order valence-corrected chi connectivity index (χ4v) is 16.1. The highest BCUT2D eigenvalue weighted by Gasteiger charge is 2.53. The zero-order valence-corrected chi connectivity index (χ0v) is 72.2. The van der Waals surface area contributed by atoms with E-state index in [-0.39, 0.29) is 73.1 Å². The number of aliphatic hydroxyl groups excluding tert-OH is 3. The van der Waals surface area contributed by atoms with E-state index in [2.05, 4.69) is 25.3 Å². The molecule has 34 nitrogen and oxygen atoms in total. The lowest BCUT2D eigenvalue weighted by Crippen LogP contribution is -2.62. The number of aryl methyl sites for hydroxylation is 2. The van der Waals surface area contributed by atoms with E-state index in [4.69, 9.17) is 78.8 Å². The Morgan fingerprint density at radius 2 is 1.46 bits per heavy atom. The molecule has 4 aliphatic rings. The first-order chi connectivity index (χ1) is 58.3. The number of ketones is 3. The molecule has 16 atom stereocenters. The van der Waals surface area contributed by atoms with E-state index in [0.29, 0.717) is 210 Å². The van der Waals surface area contributed by atoms with Gasteiger partial charge in [0.2, 0.25) is 17.5 Å². The predicted octanol–water partition coefficient (Wildman–Crippen LogP) is 7.19. The van der Waals surface area contributed by atoms with Crippen molar-refractivity contribution >= 4 is 63.2 Å². The van der Waals surface area contributed by atoms with E-state index in [1.165, 1.54) is 17.3 Å². The molecule has 9 rings (SSSR count). The lowest BCUT2D eigenvalue weighted by atomic mass is 9.80. The number of allylic oxidation sites excluding steroid dienone is 6. The molecule has 5 aromatic rings. The van der Waals surface area contributed by atoms with Crippen LogP contribution in [0.1, 0.15) is 156 Å². The number of carbonyl (C=O) groups excluding carboxylic acids is 5. The van der Waals surface area contributed by atoms with Gasteiger partial charge in [0.1, 0.15) is 53.5 Å². The maximum Gasteiger partial charge on any atom is 0.323 e. The van der Waals surface area contributed by atoms with Crippen molar-refractivity contribution < 1.29 is 101 Å².